The number of ketones is 1. The maximum atomic E-state index is 12.3. The van der Waals surface area contributed by atoms with Gasteiger partial charge in [-0.05, 0) is 18.9 Å². The lowest BCUT2D eigenvalue weighted by Gasteiger charge is -2.17. The van der Waals surface area contributed by atoms with Crippen molar-refractivity contribution >= 4 is 11.8 Å². The van der Waals surface area contributed by atoms with Crippen LogP contribution in [0.25, 0.3) is 0 Å². The maximum Gasteiger partial charge on any atom is 0.317 e. The van der Waals surface area contributed by atoms with E-state index < -0.39 is 11.9 Å². The molecule has 0 aromatic carbocycles. The van der Waals surface area contributed by atoms with Gasteiger partial charge in [0.15, 0.2) is 5.78 Å². The van der Waals surface area contributed by atoms with E-state index in [0.29, 0.717) is 5.88 Å². The fourth-order valence-corrected chi connectivity index (χ4v) is 1.63. The quantitative estimate of drug-likeness (QED) is 0.441. The van der Waals surface area contributed by atoms with Crippen LogP contribution in [0.5, 0.6) is 5.88 Å². The SMILES string of the molecule is CCOC(=O)C(C(=O)c1ccc(OC)nn1)C(C)C. The fourth-order valence-electron chi connectivity index (χ4n) is 1.63. The Morgan fingerprint density at radius 1 is 1.26 bits per heavy atom. The number of aromatic nitrogens is 2. The fraction of sp³-hybridized carbons (Fsp3) is 0.538. The van der Waals surface area contributed by atoms with Crippen LogP contribution in [0.1, 0.15) is 31.3 Å². The third-order valence-corrected chi connectivity index (χ3v) is 2.59. The third-order valence-electron chi connectivity index (χ3n) is 2.59. The van der Waals surface area contributed by atoms with Crippen LogP contribution in [0.15, 0.2) is 12.1 Å². The number of carbonyl (C=O) groups is 2. The molecule has 6 nitrogen and oxygen atoms in total. The van der Waals surface area contributed by atoms with E-state index in [1.54, 1.807) is 20.8 Å². The van der Waals surface area contributed by atoms with Crippen molar-refractivity contribution in [1.82, 2.24) is 10.2 Å². The van der Waals surface area contributed by atoms with Crippen molar-refractivity contribution in [3.63, 3.8) is 0 Å². The van der Waals surface area contributed by atoms with Crippen molar-refractivity contribution in [1.29, 1.82) is 0 Å². The monoisotopic (exact) mass is 266 g/mol. The molecule has 0 radical (unpaired) electrons. The molecule has 0 aliphatic carbocycles. The molecule has 1 unspecified atom stereocenters. The second-order valence-corrected chi connectivity index (χ2v) is 4.30. The van der Waals surface area contributed by atoms with Crippen molar-refractivity contribution in [3.8, 4) is 5.88 Å². The van der Waals surface area contributed by atoms with Gasteiger partial charge in [0.1, 0.15) is 11.6 Å². The second-order valence-electron chi connectivity index (χ2n) is 4.30. The Morgan fingerprint density at radius 3 is 2.37 bits per heavy atom. The molecule has 1 rings (SSSR count). The molecule has 0 N–H and O–H groups in total. The van der Waals surface area contributed by atoms with Gasteiger partial charge in [0.2, 0.25) is 5.88 Å². The molecule has 0 aliphatic rings. The molecular weight excluding hydrogens is 248 g/mol. The van der Waals surface area contributed by atoms with Crippen molar-refractivity contribution in [2.45, 2.75) is 20.8 Å². The van der Waals surface area contributed by atoms with Gasteiger partial charge >= 0.3 is 5.97 Å². The van der Waals surface area contributed by atoms with E-state index in [1.807, 2.05) is 0 Å². The van der Waals surface area contributed by atoms with Gasteiger partial charge in [-0.15, -0.1) is 10.2 Å². The zero-order valence-electron chi connectivity index (χ0n) is 11.5. The van der Waals surface area contributed by atoms with Crippen LogP contribution in [0.4, 0.5) is 0 Å². The minimum atomic E-state index is -0.859. The number of hydrogen-bond acceptors (Lipinski definition) is 6. The van der Waals surface area contributed by atoms with E-state index in [1.165, 1.54) is 19.2 Å². The molecule has 0 saturated heterocycles. The van der Waals surface area contributed by atoms with Gasteiger partial charge in [-0.25, -0.2) is 0 Å². The summed E-state index contributed by atoms with van der Waals surface area (Å²) in [6.07, 6.45) is 0. The molecular formula is C13H18N2O4. The van der Waals surface area contributed by atoms with E-state index in [0.717, 1.165) is 0 Å². The van der Waals surface area contributed by atoms with E-state index in [-0.39, 0.29) is 24.0 Å². The lowest BCUT2D eigenvalue weighted by molar-refractivity contribution is -0.147. The first-order chi connectivity index (χ1) is 9.01. The molecule has 19 heavy (non-hydrogen) atoms. The van der Waals surface area contributed by atoms with Crippen molar-refractivity contribution < 1.29 is 19.1 Å². The lowest BCUT2D eigenvalue weighted by Crippen LogP contribution is -2.31. The van der Waals surface area contributed by atoms with Crippen molar-refractivity contribution in [3.05, 3.63) is 17.8 Å². The first kappa shape index (κ1) is 15.1. The molecule has 6 heteroatoms. The molecule has 1 atom stereocenters. The zero-order valence-corrected chi connectivity index (χ0v) is 11.5. The topological polar surface area (TPSA) is 78.4 Å². The average molecular weight is 266 g/mol. The smallest absolute Gasteiger partial charge is 0.317 e. The summed E-state index contributed by atoms with van der Waals surface area (Å²) in [5, 5.41) is 7.48. The van der Waals surface area contributed by atoms with Crippen molar-refractivity contribution in [2.75, 3.05) is 13.7 Å². The number of rotatable bonds is 6. The van der Waals surface area contributed by atoms with Gasteiger partial charge in [-0.3, -0.25) is 9.59 Å². The molecule has 1 aromatic heterocycles. The largest absolute Gasteiger partial charge is 0.480 e. The number of esters is 1. The summed E-state index contributed by atoms with van der Waals surface area (Å²) in [4.78, 5) is 24.1. The molecule has 0 fully saturated rings. The Morgan fingerprint density at radius 2 is 1.95 bits per heavy atom. The minimum absolute atomic E-state index is 0.132. The normalized spacial score (nSPS) is 12.1. The van der Waals surface area contributed by atoms with Crippen LogP contribution in [-0.4, -0.2) is 35.7 Å². The third kappa shape index (κ3) is 3.74. The van der Waals surface area contributed by atoms with E-state index in [9.17, 15) is 9.59 Å². The Balaban J connectivity index is 2.95. The molecule has 104 valence electrons. The van der Waals surface area contributed by atoms with Gasteiger partial charge in [0, 0.05) is 6.07 Å². The highest BCUT2D eigenvalue weighted by molar-refractivity contribution is 6.07. The maximum absolute atomic E-state index is 12.3. The van der Waals surface area contributed by atoms with Gasteiger partial charge in [-0.1, -0.05) is 13.8 Å². The van der Waals surface area contributed by atoms with Crippen LogP contribution < -0.4 is 4.74 Å². The number of methoxy groups -OCH3 is 1. The minimum Gasteiger partial charge on any atom is -0.480 e. The van der Waals surface area contributed by atoms with E-state index >= 15 is 0 Å². The number of Topliss-reactive ketones (excluding diaryl/α,β-unsaturated/α-hetero) is 1. The first-order valence-corrected chi connectivity index (χ1v) is 6.09. The predicted molar refractivity (Wildman–Crippen MR) is 67.9 cm³/mol. The highest BCUT2D eigenvalue weighted by Gasteiger charge is 2.32. The molecule has 0 saturated carbocycles. The van der Waals surface area contributed by atoms with Crippen LogP contribution in [0.3, 0.4) is 0 Å². The Bertz CT molecular complexity index is 442. The average Bonchev–Trinajstić information content (AvgIpc) is 2.38. The Kier molecular flexibility index (Phi) is 5.41. The molecule has 0 aliphatic heterocycles. The van der Waals surface area contributed by atoms with Gasteiger partial charge in [0.25, 0.3) is 0 Å². The van der Waals surface area contributed by atoms with E-state index in [2.05, 4.69) is 10.2 Å². The summed E-state index contributed by atoms with van der Waals surface area (Å²) in [5.41, 5.74) is 0.132. The van der Waals surface area contributed by atoms with Crippen molar-refractivity contribution in [2.24, 2.45) is 11.8 Å². The summed E-state index contributed by atoms with van der Waals surface area (Å²) in [5.74, 6) is -1.63. The summed E-state index contributed by atoms with van der Waals surface area (Å²) in [7, 11) is 1.46. The van der Waals surface area contributed by atoms with Gasteiger partial charge in [0.05, 0.1) is 13.7 Å². The van der Waals surface area contributed by atoms with Crippen LogP contribution >= 0.6 is 0 Å². The zero-order chi connectivity index (χ0) is 14.4. The van der Waals surface area contributed by atoms with E-state index in [4.69, 9.17) is 9.47 Å². The molecule has 1 heterocycles. The number of ether oxygens (including phenoxy) is 2. The van der Waals surface area contributed by atoms with Crippen LogP contribution in [-0.2, 0) is 9.53 Å². The first-order valence-electron chi connectivity index (χ1n) is 6.09. The molecule has 1 aromatic rings. The number of hydrogen-bond donors (Lipinski definition) is 0. The van der Waals surface area contributed by atoms with Crippen LogP contribution in [0.2, 0.25) is 0 Å². The standard InChI is InChI=1S/C13H18N2O4/c1-5-19-13(17)11(8(2)3)12(16)9-6-7-10(18-4)15-14-9/h6-8,11H,5H2,1-4H3. The van der Waals surface area contributed by atoms with Crippen LogP contribution in [0, 0.1) is 11.8 Å². The predicted octanol–water partition coefficient (Wildman–Crippen LogP) is 1.50. The highest BCUT2D eigenvalue weighted by Crippen LogP contribution is 2.18. The summed E-state index contributed by atoms with van der Waals surface area (Å²) < 4.78 is 9.79. The second kappa shape index (κ2) is 6.82. The highest BCUT2D eigenvalue weighted by atomic mass is 16.5. The summed E-state index contributed by atoms with van der Waals surface area (Å²) >= 11 is 0. The number of carbonyl (C=O) groups excluding carboxylic acids is 2. The van der Waals surface area contributed by atoms with Gasteiger partial charge < -0.3 is 9.47 Å². The molecule has 0 spiro atoms. The Labute approximate surface area is 112 Å². The summed E-state index contributed by atoms with van der Waals surface area (Å²) in [6, 6.07) is 3.02. The molecule has 0 bridgehead atoms. The number of nitrogens with zero attached hydrogens (tertiary/aromatic N) is 2. The molecule has 0 amide bonds. The van der Waals surface area contributed by atoms with Gasteiger partial charge in [-0.2, -0.15) is 0 Å². The lowest BCUT2D eigenvalue weighted by atomic mass is 9.90. The summed E-state index contributed by atoms with van der Waals surface area (Å²) in [6.45, 7) is 5.52. The Hall–Kier alpha value is -1.98.